The van der Waals surface area contributed by atoms with Gasteiger partial charge in [0.05, 0.1) is 36.0 Å². The molecule has 1 aliphatic carbocycles. The molecule has 2 atom stereocenters. The molecule has 8 nitrogen and oxygen atoms in total. The van der Waals surface area contributed by atoms with Gasteiger partial charge < -0.3 is 4.90 Å². The minimum absolute atomic E-state index is 0.271. The Kier molecular flexibility index (Phi) is 3.68. The number of aryl methyl sites for hydroxylation is 1. The van der Waals surface area contributed by atoms with Crippen LogP contribution in [0.25, 0.3) is 16.9 Å². The number of hydrogen-bond acceptors (Lipinski definition) is 6. The van der Waals surface area contributed by atoms with E-state index in [1.165, 1.54) is 12.8 Å². The van der Waals surface area contributed by atoms with E-state index in [9.17, 15) is 0 Å². The lowest BCUT2D eigenvalue weighted by molar-refractivity contribution is 0.0439. The van der Waals surface area contributed by atoms with E-state index >= 15 is 0 Å². The van der Waals surface area contributed by atoms with Gasteiger partial charge in [-0.05, 0) is 31.7 Å². The molecule has 0 radical (unpaired) electrons. The second-order valence-electron chi connectivity index (χ2n) is 8.70. The lowest BCUT2D eigenvalue weighted by Crippen LogP contribution is -2.60. The van der Waals surface area contributed by atoms with E-state index in [1.807, 2.05) is 36.4 Å². The van der Waals surface area contributed by atoms with Crippen molar-refractivity contribution in [2.24, 2.45) is 13.0 Å². The molecule has 2 bridgehead atoms. The monoisotopic (exact) mass is 388 g/mol. The molecule has 6 rings (SSSR count). The van der Waals surface area contributed by atoms with Crippen LogP contribution in [0.5, 0.6) is 0 Å². The van der Waals surface area contributed by atoms with Gasteiger partial charge in [-0.2, -0.15) is 15.5 Å². The van der Waals surface area contributed by atoms with Crippen molar-refractivity contribution in [2.75, 3.05) is 18.0 Å². The van der Waals surface area contributed by atoms with Gasteiger partial charge in [0.1, 0.15) is 0 Å². The van der Waals surface area contributed by atoms with E-state index in [0.717, 1.165) is 48.5 Å². The summed E-state index contributed by atoms with van der Waals surface area (Å²) in [5, 5.41) is 17.9. The highest BCUT2D eigenvalue weighted by Gasteiger charge is 2.47. The van der Waals surface area contributed by atoms with Crippen LogP contribution in [0.4, 0.5) is 5.69 Å². The first-order valence-corrected chi connectivity index (χ1v) is 10.4. The van der Waals surface area contributed by atoms with E-state index in [1.54, 1.807) is 4.68 Å². The molecule has 8 heteroatoms. The third-order valence-corrected chi connectivity index (χ3v) is 6.94. The molecule has 0 N–H and O–H groups in total. The molecule has 3 aromatic rings. The number of nitrogens with zero attached hydrogens (tertiary/aromatic N) is 8. The maximum Gasteiger partial charge on any atom is 0.177 e. The second kappa shape index (κ2) is 6.29. The summed E-state index contributed by atoms with van der Waals surface area (Å²) in [4.78, 5) is 10.1. The molecular formula is C21H24N8. The largest absolute Gasteiger partial charge is 0.365 e. The fraction of sp³-hybridized carbons (Fsp3) is 0.524. The van der Waals surface area contributed by atoms with Gasteiger partial charge in [0, 0.05) is 55.9 Å². The number of nitriles is 1. The number of rotatable bonds is 3. The van der Waals surface area contributed by atoms with Crippen LogP contribution < -0.4 is 4.90 Å². The van der Waals surface area contributed by atoms with E-state index in [0.29, 0.717) is 18.1 Å². The van der Waals surface area contributed by atoms with Gasteiger partial charge in [-0.1, -0.05) is 0 Å². The molecule has 0 spiro atoms. The summed E-state index contributed by atoms with van der Waals surface area (Å²) in [6.45, 7) is 2.05. The Balaban J connectivity index is 1.28. The Hall–Kier alpha value is -2.92. The molecule has 5 heterocycles. The van der Waals surface area contributed by atoms with Gasteiger partial charge in [0.15, 0.2) is 5.65 Å². The maximum atomic E-state index is 9.13. The first-order valence-electron chi connectivity index (χ1n) is 10.4. The Morgan fingerprint density at radius 2 is 1.86 bits per heavy atom. The average molecular weight is 388 g/mol. The number of aromatic nitrogens is 5. The topological polar surface area (TPSA) is 78.3 Å². The Morgan fingerprint density at radius 3 is 2.55 bits per heavy atom. The molecule has 3 fully saturated rings. The molecule has 2 unspecified atom stereocenters. The van der Waals surface area contributed by atoms with Crippen LogP contribution >= 0.6 is 0 Å². The zero-order valence-electron chi connectivity index (χ0n) is 16.5. The van der Waals surface area contributed by atoms with Gasteiger partial charge in [0.25, 0.3) is 0 Å². The minimum Gasteiger partial charge on any atom is -0.365 e. The van der Waals surface area contributed by atoms with E-state index in [-0.39, 0.29) is 5.92 Å². The lowest BCUT2D eigenvalue weighted by atomic mass is 9.79. The van der Waals surface area contributed by atoms with Crippen LogP contribution in [0.1, 0.15) is 25.7 Å². The van der Waals surface area contributed by atoms with Crippen LogP contribution in [-0.4, -0.2) is 60.5 Å². The van der Waals surface area contributed by atoms with E-state index in [4.69, 9.17) is 10.2 Å². The smallest absolute Gasteiger partial charge is 0.177 e. The van der Waals surface area contributed by atoms with Crippen LogP contribution in [0.15, 0.2) is 30.9 Å². The number of fused-ring (bicyclic) bond motifs is 3. The summed E-state index contributed by atoms with van der Waals surface area (Å²) in [6.07, 6.45) is 12.3. The molecule has 0 amide bonds. The fourth-order valence-electron chi connectivity index (χ4n) is 5.49. The normalized spacial score (nSPS) is 29.2. The van der Waals surface area contributed by atoms with Gasteiger partial charge in [0.2, 0.25) is 0 Å². The molecule has 1 saturated carbocycles. The lowest BCUT2D eigenvalue weighted by Gasteiger charge is -2.49. The standard InChI is InChI=1S/C21H24N8/c1-26-10-15(9-24-26)19-13-28-21(25-19)20(4-5-23-28)27-11-16-2-3-17(12-27)29(16)18-6-14(7-18)8-22/h4-5,9-10,13-14,16-18H,2-3,6-7,11-12H2,1H3/t14-,16?,17?,18+. The Labute approximate surface area is 169 Å². The van der Waals surface area contributed by atoms with Gasteiger partial charge in [-0.3, -0.25) is 9.58 Å². The second-order valence-corrected chi connectivity index (χ2v) is 8.70. The van der Waals surface area contributed by atoms with Crippen molar-refractivity contribution in [3.8, 4) is 17.3 Å². The van der Waals surface area contributed by atoms with Crippen molar-refractivity contribution in [3.05, 3.63) is 30.9 Å². The van der Waals surface area contributed by atoms with Crippen molar-refractivity contribution in [1.82, 2.24) is 29.3 Å². The first kappa shape index (κ1) is 17.0. The summed E-state index contributed by atoms with van der Waals surface area (Å²) < 4.78 is 3.68. The molecule has 2 aliphatic heterocycles. The molecular weight excluding hydrogens is 364 g/mol. The highest BCUT2D eigenvalue weighted by molar-refractivity contribution is 5.73. The van der Waals surface area contributed by atoms with Crippen molar-refractivity contribution < 1.29 is 0 Å². The number of hydrogen-bond donors (Lipinski definition) is 0. The molecule has 3 aromatic heterocycles. The summed E-state index contributed by atoms with van der Waals surface area (Å²) in [6, 6.07) is 6.31. The van der Waals surface area contributed by atoms with Crippen LogP contribution in [0.3, 0.4) is 0 Å². The molecule has 148 valence electrons. The summed E-state index contributed by atoms with van der Waals surface area (Å²) >= 11 is 0. The van der Waals surface area contributed by atoms with Gasteiger partial charge in [-0.25, -0.2) is 9.50 Å². The number of anilines is 1. The fourth-order valence-corrected chi connectivity index (χ4v) is 5.49. The van der Waals surface area contributed by atoms with Crippen molar-refractivity contribution >= 4 is 11.3 Å². The number of imidazole rings is 1. The first-order chi connectivity index (χ1) is 14.2. The summed E-state index contributed by atoms with van der Waals surface area (Å²) in [5.74, 6) is 0.271. The maximum absolute atomic E-state index is 9.13. The van der Waals surface area contributed by atoms with Gasteiger partial charge >= 0.3 is 0 Å². The Morgan fingerprint density at radius 1 is 1.07 bits per heavy atom. The van der Waals surface area contributed by atoms with Gasteiger partial charge in [-0.15, -0.1) is 0 Å². The molecule has 3 aliphatic rings. The van der Waals surface area contributed by atoms with E-state index in [2.05, 4.69) is 32.1 Å². The third kappa shape index (κ3) is 2.64. The number of piperazine rings is 1. The highest BCUT2D eigenvalue weighted by atomic mass is 15.4. The van der Waals surface area contributed by atoms with Crippen molar-refractivity contribution in [3.63, 3.8) is 0 Å². The zero-order chi connectivity index (χ0) is 19.5. The predicted molar refractivity (Wildman–Crippen MR) is 108 cm³/mol. The average Bonchev–Trinajstić information content (AvgIpc) is 3.37. The van der Waals surface area contributed by atoms with Crippen molar-refractivity contribution in [2.45, 2.75) is 43.8 Å². The van der Waals surface area contributed by atoms with Crippen LogP contribution in [0, 0.1) is 17.2 Å². The summed E-state index contributed by atoms with van der Waals surface area (Å²) in [5.41, 5.74) is 3.98. The quantitative estimate of drug-likeness (QED) is 0.684. The Bertz CT molecular complexity index is 1090. The summed E-state index contributed by atoms with van der Waals surface area (Å²) in [7, 11) is 1.92. The zero-order valence-corrected chi connectivity index (χ0v) is 16.5. The highest BCUT2D eigenvalue weighted by Crippen LogP contribution is 2.41. The third-order valence-electron chi connectivity index (χ3n) is 6.94. The molecule has 0 aromatic carbocycles. The minimum atomic E-state index is 0.271. The van der Waals surface area contributed by atoms with Crippen molar-refractivity contribution in [1.29, 1.82) is 5.26 Å². The van der Waals surface area contributed by atoms with Crippen LogP contribution in [-0.2, 0) is 7.05 Å². The SMILES string of the molecule is Cn1cc(-c2cn3nccc(N4CC5CCC(C4)N5[C@H]4C[C@@H](C#N)C4)c3n2)cn1. The molecule has 2 saturated heterocycles. The predicted octanol–water partition coefficient (Wildman–Crippen LogP) is 2.08. The van der Waals surface area contributed by atoms with E-state index < -0.39 is 0 Å². The molecule has 29 heavy (non-hydrogen) atoms. The van der Waals surface area contributed by atoms with Crippen LogP contribution in [0.2, 0.25) is 0 Å².